The molecule has 1 aromatic rings. The smallest absolute Gasteiger partial charge is 0.326 e. The van der Waals surface area contributed by atoms with E-state index in [9.17, 15) is 14.7 Å². The fraction of sp³-hybridized carbons (Fsp3) is 0.385. The van der Waals surface area contributed by atoms with Gasteiger partial charge in [-0.15, -0.1) is 0 Å². The van der Waals surface area contributed by atoms with E-state index >= 15 is 0 Å². The van der Waals surface area contributed by atoms with Crippen LogP contribution in [0.3, 0.4) is 0 Å². The molecular formula is C13H16BrNO4. The number of aliphatic carboxylic acids is 1. The van der Waals surface area contributed by atoms with Gasteiger partial charge in [-0.05, 0) is 23.6 Å². The zero-order chi connectivity index (χ0) is 14.8. The molecule has 6 heteroatoms. The van der Waals surface area contributed by atoms with Crippen LogP contribution >= 0.6 is 15.9 Å². The monoisotopic (exact) mass is 329 g/mol. The van der Waals surface area contributed by atoms with Crippen LogP contribution in [0.2, 0.25) is 0 Å². The Labute approximate surface area is 119 Å². The number of phenolic OH excluding ortho intramolecular Hbond substituents is 1. The third-order valence-corrected chi connectivity index (χ3v) is 3.09. The van der Waals surface area contributed by atoms with Gasteiger partial charge in [-0.25, -0.2) is 4.79 Å². The zero-order valence-corrected chi connectivity index (χ0v) is 12.5. The molecule has 0 spiro atoms. The van der Waals surface area contributed by atoms with Crippen LogP contribution in [-0.4, -0.2) is 28.1 Å². The zero-order valence-electron chi connectivity index (χ0n) is 10.9. The Morgan fingerprint density at radius 2 is 1.89 bits per heavy atom. The molecule has 19 heavy (non-hydrogen) atoms. The summed E-state index contributed by atoms with van der Waals surface area (Å²) in [5, 5.41) is 21.2. The van der Waals surface area contributed by atoms with Gasteiger partial charge in [0.2, 0.25) is 0 Å². The molecule has 0 aliphatic carbocycles. The highest BCUT2D eigenvalue weighted by Gasteiger charge is 2.33. The summed E-state index contributed by atoms with van der Waals surface area (Å²) in [5.41, 5.74) is -0.592. The van der Waals surface area contributed by atoms with E-state index < -0.39 is 23.3 Å². The maximum absolute atomic E-state index is 12.0. The van der Waals surface area contributed by atoms with Crippen LogP contribution in [0.4, 0.5) is 0 Å². The van der Waals surface area contributed by atoms with Crippen molar-refractivity contribution in [2.75, 3.05) is 0 Å². The highest BCUT2D eigenvalue weighted by Crippen LogP contribution is 2.24. The predicted molar refractivity (Wildman–Crippen MR) is 74.2 cm³/mol. The second-order valence-electron chi connectivity index (χ2n) is 5.27. The van der Waals surface area contributed by atoms with Crippen LogP contribution in [0, 0.1) is 5.41 Å². The number of hydrogen-bond acceptors (Lipinski definition) is 3. The SMILES string of the molecule is CC(C)(C)C(NC(=O)c1ccc(Br)cc1O)C(=O)O. The normalized spacial score (nSPS) is 12.8. The van der Waals surface area contributed by atoms with Crippen LogP contribution < -0.4 is 5.32 Å². The topological polar surface area (TPSA) is 86.6 Å². The van der Waals surface area contributed by atoms with Gasteiger partial charge in [0.15, 0.2) is 0 Å². The van der Waals surface area contributed by atoms with Gasteiger partial charge in [0.1, 0.15) is 11.8 Å². The van der Waals surface area contributed by atoms with E-state index in [1.54, 1.807) is 26.8 Å². The Morgan fingerprint density at radius 3 is 2.32 bits per heavy atom. The van der Waals surface area contributed by atoms with Crippen molar-refractivity contribution < 1.29 is 19.8 Å². The first-order valence-corrected chi connectivity index (χ1v) is 6.44. The summed E-state index contributed by atoms with van der Waals surface area (Å²) in [5.74, 6) is -1.94. The van der Waals surface area contributed by atoms with Gasteiger partial charge in [-0.2, -0.15) is 0 Å². The van der Waals surface area contributed by atoms with Crippen molar-refractivity contribution in [3.63, 3.8) is 0 Å². The van der Waals surface area contributed by atoms with Gasteiger partial charge >= 0.3 is 5.97 Å². The number of benzene rings is 1. The molecule has 1 rings (SSSR count). The number of phenols is 1. The average Bonchev–Trinajstić information content (AvgIpc) is 2.23. The standard InChI is InChI=1S/C13H16BrNO4/c1-13(2,3)10(12(18)19)15-11(17)8-5-4-7(14)6-9(8)16/h4-6,10,16H,1-3H3,(H,15,17)(H,18,19). The second kappa shape index (κ2) is 5.61. The summed E-state index contributed by atoms with van der Waals surface area (Å²) in [4.78, 5) is 23.2. The Balaban J connectivity index is 2.98. The van der Waals surface area contributed by atoms with Crippen LogP contribution in [0.15, 0.2) is 22.7 Å². The number of hydrogen-bond donors (Lipinski definition) is 3. The average molecular weight is 330 g/mol. The van der Waals surface area contributed by atoms with Crippen molar-refractivity contribution in [3.8, 4) is 5.75 Å². The Morgan fingerprint density at radius 1 is 1.32 bits per heavy atom. The Hall–Kier alpha value is -1.56. The van der Waals surface area contributed by atoms with E-state index in [4.69, 9.17) is 5.11 Å². The Bertz CT molecular complexity index is 508. The van der Waals surface area contributed by atoms with Gasteiger partial charge in [0.25, 0.3) is 5.91 Å². The molecule has 0 fully saturated rings. The van der Waals surface area contributed by atoms with Crippen molar-refractivity contribution in [1.82, 2.24) is 5.32 Å². The number of amides is 1. The molecule has 0 aromatic heterocycles. The maximum Gasteiger partial charge on any atom is 0.326 e. The lowest BCUT2D eigenvalue weighted by molar-refractivity contribution is -0.142. The summed E-state index contributed by atoms with van der Waals surface area (Å²) >= 11 is 3.17. The van der Waals surface area contributed by atoms with Crippen molar-refractivity contribution in [2.45, 2.75) is 26.8 Å². The number of nitrogens with one attached hydrogen (secondary N) is 1. The van der Waals surface area contributed by atoms with Gasteiger partial charge < -0.3 is 15.5 Å². The number of halogens is 1. The largest absolute Gasteiger partial charge is 0.507 e. The van der Waals surface area contributed by atoms with Crippen LogP contribution in [0.25, 0.3) is 0 Å². The van der Waals surface area contributed by atoms with Crippen molar-refractivity contribution in [3.05, 3.63) is 28.2 Å². The molecule has 1 aromatic carbocycles. The first-order valence-electron chi connectivity index (χ1n) is 5.65. The lowest BCUT2D eigenvalue weighted by Gasteiger charge is -2.27. The molecule has 1 amide bonds. The highest BCUT2D eigenvalue weighted by molar-refractivity contribution is 9.10. The van der Waals surface area contributed by atoms with E-state index in [-0.39, 0.29) is 11.3 Å². The summed E-state index contributed by atoms with van der Waals surface area (Å²) < 4.78 is 0.632. The third kappa shape index (κ3) is 3.96. The number of carboxylic acid groups (broad SMARTS) is 1. The molecule has 3 N–H and O–H groups in total. The molecule has 1 atom stereocenters. The van der Waals surface area contributed by atoms with Gasteiger partial charge in [-0.3, -0.25) is 4.79 Å². The lowest BCUT2D eigenvalue weighted by atomic mass is 9.86. The molecule has 0 aliphatic rings. The number of carbonyl (C=O) groups excluding carboxylic acids is 1. The third-order valence-electron chi connectivity index (χ3n) is 2.59. The number of rotatable bonds is 3. The van der Waals surface area contributed by atoms with Gasteiger partial charge in [-0.1, -0.05) is 36.7 Å². The predicted octanol–water partition coefficient (Wildman–Crippen LogP) is 2.38. The summed E-state index contributed by atoms with van der Waals surface area (Å²) in [6, 6.07) is 3.36. The van der Waals surface area contributed by atoms with E-state index in [2.05, 4.69) is 21.2 Å². The summed E-state index contributed by atoms with van der Waals surface area (Å²) in [6.45, 7) is 5.15. The molecule has 0 aliphatic heterocycles. The summed E-state index contributed by atoms with van der Waals surface area (Å²) in [7, 11) is 0. The van der Waals surface area contributed by atoms with Crippen molar-refractivity contribution in [2.24, 2.45) is 5.41 Å². The second-order valence-corrected chi connectivity index (χ2v) is 6.19. The molecule has 0 bridgehead atoms. The molecule has 5 nitrogen and oxygen atoms in total. The molecule has 0 saturated heterocycles. The fourth-order valence-electron chi connectivity index (χ4n) is 1.55. The molecule has 0 saturated carbocycles. The minimum absolute atomic E-state index is 0.0405. The molecule has 1 unspecified atom stereocenters. The van der Waals surface area contributed by atoms with E-state index in [0.29, 0.717) is 4.47 Å². The molecule has 0 heterocycles. The van der Waals surface area contributed by atoms with Crippen LogP contribution in [0.5, 0.6) is 5.75 Å². The van der Waals surface area contributed by atoms with E-state index in [1.807, 2.05) is 0 Å². The van der Waals surface area contributed by atoms with Gasteiger partial charge in [0, 0.05) is 4.47 Å². The first-order chi connectivity index (χ1) is 8.62. The van der Waals surface area contributed by atoms with Crippen molar-refractivity contribution in [1.29, 1.82) is 0 Å². The lowest BCUT2D eigenvalue weighted by Crippen LogP contribution is -2.49. The summed E-state index contributed by atoms with van der Waals surface area (Å²) in [6.07, 6.45) is 0. The number of carboxylic acids is 1. The Kier molecular flexibility index (Phi) is 4.57. The maximum atomic E-state index is 12.0. The van der Waals surface area contributed by atoms with E-state index in [0.717, 1.165) is 0 Å². The minimum atomic E-state index is -1.11. The van der Waals surface area contributed by atoms with Gasteiger partial charge in [0.05, 0.1) is 5.56 Å². The molecular weight excluding hydrogens is 314 g/mol. The quantitative estimate of drug-likeness (QED) is 0.794. The van der Waals surface area contributed by atoms with Crippen LogP contribution in [-0.2, 0) is 4.79 Å². The minimum Gasteiger partial charge on any atom is -0.507 e. The molecule has 104 valence electrons. The number of carbonyl (C=O) groups is 2. The highest BCUT2D eigenvalue weighted by atomic mass is 79.9. The fourth-order valence-corrected chi connectivity index (χ4v) is 1.90. The molecule has 0 radical (unpaired) electrons. The van der Waals surface area contributed by atoms with Crippen molar-refractivity contribution >= 4 is 27.8 Å². The van der Waals surface area contributed by atoms with E-state index in [1.165, 1.54) is 12.1 Å². The first kappa shape index (κ1) is 15.5. The number of aromatic hydroxyl groups is 1. The van der Waals surface area contributed by atoms with Crippen LogP contribution in [0.1, 0.15) is 31.1 Å².